The van der Waals surface area contributed by atoms with Crippen molar-refractivity contribution in [1.29, 1.82) is 0 Å². The van der Waals surface area contributed by atoms with Crippen LogP contribution in [0.15, 0.2) is 12.1 Å². The number of hydrogen-bond donors (Lipinski definition) is 3. The Labute approximate surface area is 118 Å². The number of nitrogens with zero attached hydrogens (tertiary/aromatic N) is 2. The summed E-state index contributed by atoms with van der Waals surface area (Å²) in [5.74, 6) is 1.22. The number of pyridine rings is 1. The summed E-state index contributed by atoms with van der Waals surface area (Å²) in [7, 11) is 0. The Bertz CT molecular complexity index is 451. The van der Waals surface area contributed by atoms with Crippen LogP contribution in [-0.2, 0) is 0 Å². The highest BCUT2D eigenvalue weighted by Crippen LogP contribution is 2.20. The molecule has 0 aliphatic rings. The molecule has 0 saturated heterocycles. The Kier molecular flexibility index (Phi) is 6.17. The van der Waals surface area contributed by atoms with Crippen molar-refractivity contribution >= 4 is 17.3 Å². The zero-order valence-corrected chi connectivity index (χ0v) is 12.1. The number of nitro groups is 1. The van der Waals surface area contributed by atoms with Crippen molar-refractivity contribution in [2.45, 2.75) is 33.3 Å². The maximum Gasteiger partial charge on any atom is 0.276 e. The first kappa shape index (κ1) is 16.2. The highest BCUT2D eigenvalue weighted by Gasteiger charge is 2.12. The second-order valence-corrected chi connectivity index (χ2v) is 5.05. The standard InChI is InChI=1S/C13H22N4O3/c1-4-14-12-6-10(17(19)20)7-13(16-12)15-8-11(18)5-9(2)3/h6-7,9,11,18H,4-5,8H2,1-3H3,(H2,14,15,16). The predicted molar refractivity (Wildman–Crippen MR) is 79.0 cm³/mol. The van der Waals surface area contributed by atoms with Crippen molar-refractivity contribution in [3.63, 3.8) is 0 Å². The van der Waals surface area contributed by atoms with Gasteiger partial charge in [-0.3, -0.25) is 10.1 Å². The van der Waals surface area contributed by atoms with Gasteiger partial charge in [0.15, 0.2) is 0 Å². The molecule has 0 aliphatic carbocycles. The summed E-state index contributed by atoms with van der Waals surface area (Å²) in [6.07, 6.45) is 0.167. The molecule has 3 N–H and O–H groups in total. The maximum atomic E-state index is 10.9. The molecule has 0 saturated carbocycles. The van der Waals surface area contributed by atoms with Gasteiger partial charge in [-0.1, -0.05) is 13.8 Å². The van der Waals surface area contributed by atoms with Crippen LogP contribution in [0, 0.1) is 16.0 Å². The van der Waals surface area contributed by atoms with Gasteiger partial charge in [0, 0.05) is 13.1 Å². The Balaban J connectivity index is 2.75. The van der Waals surface area contributed by atoms with Crippen LogP contribution in [0.5, 0.6) is 0 Å². The predicted octanol–water partition coefficient (Wildman–Crippen LogP) is 2.24. The highest BCUT2D eigenvalue weighted by molar-refractivity contribution is 5.54. The van der Waals surface area contributed by atoms with Gasteiger partial charge >= 0.3 is 0 Å². The third kappa shape index (κ3) is 5.40. The van der Waals surface area contributed by atoms with Crippen LogP contribution in [0.4, 0.5) is 17.3 Å². The van der Waals surface area contributed by atoms with Crippen molar-refractivity contribution < 1.29 is 10.0 Å². The quantitative estimate of drug-likeness (QED) is 0.499. The minimum atomic E-state index is -0.501. The number of anilines is 2. The molecule has 1 rings (SSSR count). The minimum Gasteiger partial charge on any atom is -0.391 e. The normalized spacial score (nSPS) is 12.2. The molecule has 0 fully saturated rings. The SMILES string of the molecule is CCNc1cc([N+](=O)[O-])cc(NCC(O)CC(C)C)n1. The molecule has 1 unspecified atom stereocenters. The van der Waals surface area contributed by atoms with E-state index in [4.69, 9.17) is 0 Å². The largest absolute Gasteiger partial charge is 0.391 e. The third-order valence-electron chi connectivity index (χ3n) is 2.64. The zero-order valence-electron chi connectivity index (χ0n) is 12.1. The number of aromatic nitrogens is 1. The summed E-state index contributed by atoms with van der Waals surface area (Å²) in [5, 5.41) is 26.5. The summed E-state index contributed by atoms with van der Waals surface area (Å²) >= 11 is 0. The second-order valence-electron chi connectivity index (χ2n) is 5.05. The van der Waals surface area contributed by atoms with Gasteiger partial charge in [0.25, 0.3) is 5.69 Å². The van der Waals surface area contributed by atoms with E-state index in [1.54, 1.807) is 0 Å². The number of hydrogen-bond acceptors (Lipinski definition) is 6. The number of aliphatic hydroxyl groups excluding tert-OH is 1. The van der Waals surface area contributed by atoms with E-state index in [0.717, 1.165) is 0 Å². The molecule has 1 aromatic heterocycles. The molecule has 0 aliphatic heterocycles. The molecule has 0 radical (unpaired) electrons. The number of aliphatic hydroxyl groups is 1. The zero-order chi connectivity index (χ0) is 15.1. The van der Waals surface area contributed by atoms with Crippen molar-refractivity contribution in [3.05, 3.63) is 22.2 Å². The van der Waals surface area contributed by atoms with Gasteiger partial charge in [-0.05, 0) is 19.3 Å². The van der Waals surface area contributed by atoms with Crippen molar-refractivity contribution in [3.8, 4) is 0 Å². The minimum absolute atomic E-state index is 0.0307. The molecule has 0 amide bonds. The summed E-state index contributed by atoms with van der Waals surface area (Å²) < 4.78 is 0. The van der Waals surface area contributed by atoms with Gasteiger partial charge in [0.2, 0.25) is 0 Å². The van der Waals surface area contributed by atoms with Crippen LogP contribution in [0.25, 0.3) is 0 Å². The number of nitrogens with one attached hydrogen (secondary N) is 2. The third-order valence-corrected chi connectivity index (χ3v) is 2.64. The van der Waals surface area contributed by atoms with E-state index in [1.165, 1.54) is 12.1 Å². The summed E-state index contributed by atoms with van der Waals surface area (Å²) in [6.45, 7) is 6.89. The molecule has 0 aromatic carbocycles. The lowest BCUT2D eigenvalue weighted by molar-refractivity contribution is -0.384. The molecular formula is C13H22N4O3. The van der Waals surface area contributed by atoms with Gasteiger partial charge in [0.05, 0.1) is 23.2 Å². The van der Waals surface area contributed by atoms with E-state index in [-0.39, 0.29) is 5.69 Å². The fourth-order valence-corrected chi connectivity index (χ4v) is 1.83. The van der Waals surface area contributed by atoms with E-state index in [9.17, 15) is 15.2 Å². The Hall–Kier alpha value is -1.89. The van der Waals surface area contributed by atoms with Crippen LogP contribution in [0.2, 0.25) is 0 Å². The molecule has 20 heavy (non-hydrogen) atoms. The van der Waals surface area contributed by atoms with Crippen molar-refractivity contribution in [1.82, 2.24) is 4.98 Å². The van der Waals surface area contributed by atoms with Gasteiger partial charge < -0.3 is 15.7 Å². The molecule has 0 bridgehead atoms. The lowest BCUT2D eigenvalue weighted by atomic mass is 10.1. The Morgan fingerprint density at radius 2 is 1.95 bits per heavy atom. The molecule has 1 aromatic rings. The monoisotopic (exact) mass is 282 g/mol. The molecule has 1 heterocycles. The fraction of sp³-hybridized carbons (Fsp3) is 0.615. The lowest BCUT2D eigenvalue weighted by Crippen LogP contribution is -2.21. The first-order valence-electron chi connectivity index (χ1n) is 6.74. The summed E-state index contributed by atoms with van der Waals surface area (Å²) in [5.41, 5.74) is -0.0307. The highest BCUT2D eigenvalue weighted by atomic mass is 16.6. The van der Waals surface area contributed by atoms with Gasteiger partial charge in [-0.15, -0.1) is 0 Å². The van der Waals surface area contributed by atoms with E-state index >= 15 is 0 Å². The average Bonchev–Trinajstić information content (AvgIpc) is 2.35. The van der Waals surface area contributed by atoms with Crippen LogP contribution in [-0.4, -0.2) is 34.2 Å². The fourth-order valence-electron chi connectivity index (χ4n) is 1.83. The van der Waals surface area contributed by atoms with E-state index < -0.39 is 11.0 Å². The Morgan fingerprint density at radius 3 is 2.45 bits per heavy atom. The number of rotatable bonds is 8. The van der Waals surface area contributed by atoms with Crippen LogP contribution in [0.3, 0.4) is 0 Å². The van der Waals surface area contributed by atoms with Crippen molar-refractivity contribution in [2.75, 3.05) is 23.7 Å². The van der Waals surface area contributed by atoms with Gasteiger partial charge in [0.1, 0.15) is 11.6 Å². The van der Waals surface area contributed by atoms with Gasteiger partial charge in [-0.2, -0.15) is 0 Å². The van der Waals surface area contributed by atoms with Crippen LogP contribution in [0.1, 0.15) is 27.2 Å². The van der Waals surface area contributed by atoms with Crippen LogP contribution < -0.4 is 10.6 Å². The first-order chi connectivity index (χ1) is 9.42. The molecule has 0 spiro atoms. The summed E-state index contributed by atoms with van der Waals surface area (Å²) in [4.78, 5) is 14.6. The smallest absolute Gasteiger partial charge is 0.276 e. The van der Waals surface area contributed by atoms with Crippen molar-refractivity contribution in [2.24, 2.45) is 5.92 Å². The van der Waals surface area contributed by atoms with E-state index in [1.807, 2.05) is 20.8 Å². The Morgan fingerprint density at radius 1 is 1.35 bits per heavy atom. The maximum absolute atomic E-state index is 10.9. The summed E-state index contributed by atoms with van der Waals surface area (Å²) in [6, 6.07) is 2.75. The van der Waals surface area contributed by atoms with Crippen LogP contribution >= 0.6 is 0 Å². The first-order valence-corrected chi connectivity index (χ1v) is 6.74. The van der Waals surface area contributed by atoms with Gasteiger partial charge in [-0.25, -0.2) is 4.98 Å². The van der Waals surface area contributed by atoms with E-state index in [2.05, 4.69) is 15.6 Å². The average molecular weight is 282 g/mol. The topological polar surface area (TPSA) is 100 Å². The van der Waals surface area contributed by atoms with E-state index in [0.29, 0.717) is 37.1 Å². The molecule has 7 heteroatoms. The molecular weight excluding hydrogens is 260 g/mol. The molecule has 7 nitrogen and oxygen atoms in total. The molecule has 112 valence electrons. The molecule has 1 atom stereocenters. The lowest BCUT2D eigenvalue weighted by Gasteiger charge is -2.14. The second kappa shape index (κ2) is 7.64.